The Balaban J connectivity index is 0.00000116. The van der Waals surface area contributed by atoms with Crippen LogP contribution in [0.2, 0.25) is 0 Å². The maximum atomic E-state index is 3.33. The number of piperazine rings is 1. The second-order valence-corrected chi connectivity index (χ2v) is 7.28. The highest BCUT2D eigenvalue weighted by Gasteiger charge is 2.51. The Kier molecular flexibility index (Phi) is 8.96. The molecule has 1 saturated heterocycles. The highest BCUT2D eigenvalue weighted by Crippen LogP contribution is 2.45. The SMILES string of the molecule is CC.CCCC(CCNC)CN1CCN(C(C)C)CC12CC2. The van der Waals surface area contributed by atoms with E-state index in [9.17, 15) is 0 Å². The summed E-state index contributed by atoms with van der Waals surface area (Å²) >= 11 is 0. The third kappa shape index (κ3) is 5.50. The molecule has 1 saturated carbocycles. The third-order valence-corrected chi connectivity index (χ3v) is 5.36. The van der Waals surface area contributed by atoms with Crippen LogP contribution in [0.5, 0.6) is 0 Å². The van der Waals surface area contributed by atoms with E-state index in [1.807, 2.05) is 13.8 Å². The summed E-state index contributed by atoms with van der Waals surface area (Å²) in [4.78, 5) is 5.54. The number of hydrogen-bond acceptors (Lipinski definition) is 3. The van der Waals surface area contributed by atoms with Gasteiger partial charge in [-0.25, -0.2) is 0 Å². The Morgan fingerprint density at radius 1 is 1.09 bits per heavy atom. The molecule has 1 aliphatic carbocycles. The summed E-state index contributed by atoms with van der Waals surface area (Å²) in [5.41, 5.74) is 0.564. The maximum Gasteiger partial charge on any atom is 0.0338 e. The van der Waals surface area contributed by atoms with E-state index in [0.29, 0.717) is 11.6 Å². The van der Waals surface area contributed by atoms with Gasteiger partial charge < -0.3 is 5.32 Å². The first-order valence-electron chi connectivity index (χ1n) is 9.75. The van der Waals surface area contributed by atoms with Crippen molar-refractivity contribution in [1.29, 1.82) is 0 Å². The monoisotopic (exact) mass is 311 g/mol. The molecule has 1 heterocycles. The summed E-state index contributed by atoms with van der Waals surface area (Å²) in [6.45, 7) is 17.4. The van der Waals surface area contributed by atoms with Gasteiger partial charge in [0.05, 0.1) is 0 Å². The molecule has 22 heavy (non-hydrogen) atoms. The Hall–Kier alpha value is -0.120. The molecule has 2 rings (SSSR count). The third-order valence-electron chi connectivity index (χ3n) is 5.36. The lowest BCUT2D eigenvalue weighted by atomic mass is 9.96. The minimum Gasteiger partial charge on any atom is -0.320 e. The van der Waals surface area contributed by atoms with Crippen LogP contribution < -0.4 is 5.32 Å². The summed E-state index contributed by atoms with van der Waals surface area (Å²) in [5.74, 6) is 0.885. The molecule has 0 radical (unpaired) electrons. The van der Waals surface area contributed by atoms with Crippen molar-refractivity contribution in [3.05, 3.63) is 0 Å². The van der Waals surface area contributed by atoms with Gasteiger partial charge in [-0.15, -0.1) is 0 Å². The fourth-order valence-electron chi connectivity index (χ4n) is 3.78. The van der Waals surface area contributed by atoms with Crippen molar-refractivity contribution in [1.82, 2.24) is 15.1 Å². The van der Waals surface area contributed by atoms with Gasteiger partial charge in [0, 0.05) is 37.8 Å². The van der Waals surface area contributed by atoms with Crippen LogP contribution in [-0.4, -0.2) is 61.2 Å². The van der Waals surface area contributed by atoms with Crippen molar-refractivity contribution >= 4 is 0 Å². The molecule has 2 fully saturated rings. The van der Waals surface area contributed by atoms with Crippen molar-refractivity contribution in [2.24, 2.45) is 5.92 Å². The van der Waals surface area contributed by atoms with Crippen LogP contribution >= 0.6 is 0 Å². The van der Waals surface area contributed by atoms with Gasteiger partial charge >= 0.3 is 0 Å². The molecule has 0 amide bonds. The lowest BCUT2D eigenvalue weighted by molar-refractivity contribution is 0.0301. The highest BCUT2D eigenvalue weighted by atomic mass is 15.3. The average molecular weight is 312 g/mol. The quantitative estimate of drug-likeness (QED) is 0.739. The van der Waals surface area contributed by atoms with Crippen LogP contribution in [0.3, 0.4) is 0 Å². The van der Waals surface area contributed by atoms with E-state index < -0.39 is 0 Å². The van der Waals surface area contributed by atoms with Gasteiger partial charge in [-0.1, -0.05) is 27.2 Å². The normalized spacial score (nSPS) is 22.5. The van der Waals surface area contributed by atoms with E-state index in [4.69, 9.17) is 0 Å². The molecule has 1 spiro atoms. The van der Waals surface area contributed by atoms with Crippen LogP contribution in [0.25, 0.3) is 0 Å². The van der Waals surface area contributed by atoms with Gasteiger partial charge in [-0.2, -0.15) is 0 Å². The summed E-state index contributed by atoms with van der Waals surface area (Å²) in [6, 6.07) is 0.713. The molecule has 132 valence electrons. The summed E-state index contributed by atoms with van der Waals surface area (Å²) < 4.78 is 0. The van der Waals surface area contributed by atoms with Gasteiger partial charge in [0.15, 0.2) is 0 Å². The van der Waals surface area contributed by atoms with Crippen LogP contribution in [0, 0.1) is 5.92 Å². The first-order valence-corrected chi connectivity index (χ1v) is 9.75. The van der Waals surface area contributed by atoms with Gasteiger partial charge in [0.2, 0.25) is 0 Å². The summed E-state index contributed by atoms with van der Waals surface area (Å²) in [7, 11) is 2.08. The van der Waals surface area contributed by atoms with Crippen LogP contribution in [-0.2, 0) is 0 Å². The maximum absolute atomic E-state index is 3.33. The van der Waals surface area contributed by atoms with E-state index in [2.05, 4.69) is 42.9 Å². The molecule has 1 aliphatic heterocycles. The Labute approximate surface area is 139 Å². The van der Waals surface area contributed by atoms with E-state index in [1.165, 1.54) is 64.8 Å². The molecule has 1 unspecified atom stereocenters. The summed E-state index contributed by atoms with van der Waals surface area (Å²) in [6.07, 6.45) is 6.92. The zero-order valence-electron chi connectivity index (χ0n) is 16.1. The van der Waals surface area contributed by atoms with Crippen molar-refractivity contribution < 1.29 is 0 Å². The van der Waals surface area contributed by atoms with Crippen LogP contribution in [0.1, 0.15) is 66.7 Å². The van der Waals surface area contributed by atoms with E-state index in [-0.39, 0.29) is 0 Å². The molecular weight excluding hydrogens is 270 g/mol. The van der Waals surface area contributed by atoms with Crippen molar-refractivity contribution in [3.63, 3.8) is 0 Å². The van der Waals surface area contributed by atoms with Crippen LogP contribution in [0.15, 0.2) is 0 Å². The fourth-order valence-corrected chi connectivity index (χ4v) is 3.78. The fraction of sp³-hybridized carbons (Fsp3) is 1.00. The predicted octanol–water partition coefficient (Wildman–Crippen LogP) is 3.60. The predicted molar refractivity (Wildman–Crippen MR) is 98.5 cm³/mol. The largest absolute Gasteiger partial charge is 0.320 e. The molecule has 3 heteroatoms. The number of hydrogen-bond donors (Lipinski definition) is 1. The number of rotatable bonds is 8. The van der Waals surface area contributed by atoms with E-state index in [1.54, 1.807) is 0 Å². The van der Waals surface area contributed by atoms with E-state index >= 15 is 0 Å². The standard InChI is InChI=1S/C17H35N3.C2H6/c1-5-6-16(7-10-18-4)13-20-12-11-19(15(2)3)14-17(20)8-9-17;1-2/h15-16,18H,5-14H2,1-4H3;1-2H3. The second kappa shape index (κ2) is 9.89. The molecule has 1 N–H and O–H groups in total. The van der Waals surface area contributed by atoms with Crippen molar-refractivity contribution in [2.75, 3.05) is 39.8 Å². The lowest BCUT2D eigenvalue weighted by Gasteiger charge is -2.45. The highest BCUT2D eigenvalue weighted by molar-refractivity contribution is 5.08. The molecule has 3 nitrogen and oxygen atoms in total. The summed E-state index contributed by atoms with van der Waals surface area (Å²) in [5, 5.41) is 3.33. The van der Waals surface area contributed by atoms with Crippen molar-refractivity contribution in [2.45, 2.75) is 78.3 Å². The molecule has 2 aliphatic rings. The molecular formula is C19H41N3. The van der Waals surface area contributed by atoms with Crippen LogP contribution in [0.4, 0.5) is 0 Å². The van der Waals surface area contributed by atoms with Gasteiger partial charge in [-0.3, -0.25) is 9.80 Å². The van der Waals surface area contributed by atoms with Gasteiger partial charge in [-0.05, 0) is 59.0 Å². The first kappa shape index (κ1) is 19.9. The Bertz CT molecular complexity index is 286. The second-order valence-electron chi connectivity index (χ2n) is 7.28. The first-order chi connectivity index (χ1) is 10.6. The number of nitrogens with zero attached hydrogens (tertiary/aromatic N) is 2. The molecule has 1 atom stereocenters. The molecule has 0 aromatic heterocycles. The zero-order valence-corrected chi connectivity index (χ0v) is 16.1. The molecule has 0 aromatic carbocycles. The number of nitrogens with one attached hydrogen (secondary N) is 1. The smallest absolute Gasteiger partial charge is 0.0338 e. The average Bonchev–Trinajstić information content (AvgIpc) is 3.29. The zero-order chi connectivity index (χ0) is 16.6. The Morgan fingerprint density at radius 3 is 2.27 bits per heavy atom. The minimum absolute atomic E-state index is 0.564. The van der Waals surface area contributed by atoms with E-state index in [0.717, 1.165) is 5.92 Å². The Morgan fingerprint density at radius 2 is 1.77 bits per heavy atom. The molecule has 0 aromatic rings. The minimum atomic E-state index is 0.564. The topological polar surface area (TPSA) is 18.5 Å². The van der Waals surface area contributed by atoms with Crippen molar-refractivity contribution in [3.8, 4) is 0 Å². The van der Waals surface area contributed by atoms with Gasteiger partial charge in [0.1, 0.15) is 0 Å². The molecule has 0 bridgehead atoms. The lowest BCUT2D eigenvalue weighted by Crippen LogP contribution is -2.57. The van der Waals surface area contributed by atoms with Gasteiger partial charge in [0.25, 0.3) is 0 Å².